The van der Waals surface area contributed by atoms with Gasteiger partial charge in [0.15, 0.2) is 0 Å². The Bertz CT molecular complexity index is 485. The van der Waals surface area contributed by atoms with E-state index in [9.17, 15) is 0 Å². The maximum atomic E-state index is 3.45. The van der Waals surface area contributed by atoms with Crippen LogP contribution in [0.4, 0.5) is 5.69 Å². The second kappa shape index (κ2) is 5.38. The van der Waals surface area contributed by atoms with E-state index in [-0.39, 0.29) is 0 Å². The largest absolute Gasteiger partial charge is 0.384 e. The summed E-state index contributed by atoms with van der Waals surface area (Å²) in [6.45, 7) is 7.44. The van der Waals surface area contributed by atoms with Gasteiger partial charge >= 0.3 is 0 Å². The lowest BCUT2D eigenvalue weighted by Gasteiger charge is -2.25. The molecule has 1 N–H and O–H groups in total. The molecular formula is C17H25N3. The lowest BCUT2D eigenvalue weighted by atomic mass is 10.1. The summed E-state index contributed by atoms with van der Waals surface area (Å²) in [6.07, 6.45) is 5.34. The van der Waals surface area contributed by atoms with Crippen molar-refractivity contribution in [3.8, 4) is 0 Å². The molecular weight excluding hydrogens is 246 g/mol. The van der Waals surface area contributed by atoms with Crippen molar-refractivity contribution >= 4 is 5.69 Å². The third-order valence-corrected chi connectivity index (χ3v) is 5.17. The molecule has 3 aliphatic heterocycles. The summed E-state index contributed by atoms with van der Waals surface area (Å²) in [5, 5.41) is 3.45. The van der Waals surface area contributed by atoms with Gasteiger partial charge in [-0.1, -0.05) is 12.1 Å². The molecule has 2 saturated heterocycles. The molecule has 4 rings (SSSR count). The van der Waals surface area contributed by atoms with E-state index in [0.29, 0.717) is 0 Å². The summed E-state index contributed by atoms with van der Waals surface area (Å²) in [5.41, 5.74) is 4.37. The molecule has 3 heterocycles. The van der Waals surface area contributed by atoms with Gasteiger partial charge in [-0.25, -0.2) is 0 Å². The SMILES string of the molecule is c1cc2c(cc1CN1CCCN3CCCC3C1)CCN2. The average Bonchev–Trinajstić information content (AvgIpc) is 3.04. The smallest absolute Gasteiger partial charge is 0.0373 e. The second-order valence-electron chi connectivity index (χ2n) is 6.59. The maximum absolute atomic E-state index is 3.45. The fourth-order valence-corrected chi connectivity index (χ4v) is 4.14. The van der Waals surface area contributed by atoms with Gasteiger partial charge in [0.05, 0.1) is 0 Å². The topological polar surface area (TPSA) is 18.5 Å². The highest BCUT2D eigenvalue weighted by molar-refractivity contribution is 5.56. The number of hydrogen-bond acceptors (Lipinski definition) is 3. The number of nitrogens with zero attached hydrogens (tertiary/aromatic N) is 2. The minimum absolute atomic E-state index is 0.827. The molecule has 1 aromatic carbocycles. The standard InChI is InChI=1S/C17H25N3/c1-3-16-13-19(8-2-10-20(16)9-1)12-14-4-5-17-15(11-14)6-7-18-17/h4-5,11,16,18H,1-3,6-10,12-13H2. The second-order valence-corrected chi connectivity index (χ2v) is 6.59. The first-order valence-electron chi connectivity index (χ1n) is 8.20. The molecule has 1 atom stereocenters. The van der Waals surface area contributed by atoms with Crippen LogP contribution in [0.5, 0.6) is 0 Å². The van der Waals surface area contributed by atoms with Crippen molar-refractivity contribution in [2.75, 3.05) is 38.0 Å². The summed E-state index contributed by atoms with van der Waals surface area (Å²) in [7, 11) is 0. The molecule has 0 bridgehead atoms. The third kappa shape index (κ3) is 2.45. The fourth-order valence-electron chi connectivity index (χ4n) is 4.14. The first kappa shape index (κ1) is 12.7. The molecule has 3 aliphatic rings. The van der Waals surface area contributed by atoms with Crippen molar-refractivity contribution in [3.63, 3.8) is 0 Å². The molecule has 0 amide bonds. The van der Waals surface area contributed by atoms with Crippen molar-refractivity contribution in [1.29, 1.82) is 0 Å². The van der Waals surface area contributed by atoms with Gasteiger partial charge in [0.2, 0.25) is 0 Å². The van der Waals surface area contributed by atoms with E-state index in [1.54, 1.807) is 0 Å². The Kier molecular flexibility index (Phi) is 3.41. The van der Waals surface area contributed by atoms with Gasteiger partial charge < -0.3 is 5.32 Å². The van der Waals surface area contributed by atoms with Crippen LogP contribution in [-0.4, -0.2) is 48.6 Å². The zero-order valence-corrected chi connectivity index (χ0v) is 12.3. The quantitative estimate of drug-likeness (QED) is 0.890. The van der Waals surface area contributed by atoms with Crippen LogP contribution in [0.25, 0.3) is 0 Å². The first-order chi connectivity index (χ1) is 9.88. The zero-order chi connectivity index (χ0) is 13.4. The Balaban J connectivity index is 1.45. The maximum Gasteiger partial charge on any atom is 0.0373 e. The average molecular weight is 271 g/mol. The molecule has 0 aromatic heterocycles. The van der Waals surface area contributed by atoms with Crippen LogP contribution in [0.3, 0.4) is 0 Å². The number of benzene rings is 1. The molecule has 3 nitrogen and oxygen atoms in total. The van der Waals surface area contributed by atoms with Crippen molar-refractivity contribution < 1.29 is 0 Å². The van der Waals surface area contributed by atoms with Gasteiger partial charge in [0, 0.05) is 31.4 Å². The van der Waals surface area contributed by atoms with E-state index in [4.69, 9.17) is 0 Å². The Hall–Kier alpha value is -1.06. The number of fused-ring (bicyclic) bond motifs is 2. The van der Waals surface area contributed by atoms with Gasteiger partial charge in [-0.2, -0.15) is 0 Å². The Labute approximate surface area is 121 Å². The van der Waals surface area contributed by atoms with E-state index in [1.165, 1.54) is 68.7 Å². The molecule has 0 radical (unpaired) electrons. The van der Waals surface area contributed by atoms with Crippen LogP contribution in [0.15, 0.2) is 18.2 Å². The van der Waals surface area contributed by atoms with E-state index >= 15 is 0 Å². The molecule has 0 aliphatic carbocycles. The van der Waals surface area contributed by atoms with E-state index in [2.05, 4.69) is 33.3 Å². The summed E-state index contributed by atoms with van der Waals surface area (Å²) < 4.78 is 0. The summed E-state index contributed by atoms with van der Waals surface area (Å²) >= 11 is 0. The highest BCUT2D eigenvalue weighted by Crippen LogP contribution is 2.25. The third-order valence-electron chi connectivity index (χ3n) is 5.17. The minimum Gasteiger partial charge on any atom is -0.384 e. The molecule has 2 fully saturated rings. The van der Waals surface area contributed by atoms with Gasteiger partial charge in [-0.3, -0.25) is 9.80 Å². The number of nitrogens with one attached hydrogen (secondary N) is 1. The van der Waals surface area contributed by atoms with Crippen molar-refractivity contribution in [3.05, 3.63) is 29.3 Å². The Morgan fingerprint density at radius 2 is 2.10 bits per heavy atom. The fraction of sp³-hybridized carbons (Fsp3) is 0.647. The van der Waals surface area contributed by atoms with Crippen LogP contribution in [-0.2, 0) is 13.0 Å². The van der Waals surface area contributed by atoms with Crippen LogP contribution >= 0.6 is 0 Å². The summed E-state index contributed by atoms with van der Waals surface area (Å²) in [6, 6.07) is 7.84. The zero-order valence-electron chi connectivity index (χ0n) is 12.3. The van der Waals surface area contributed by atoms with Gasteiger partial charge in [0.1, 0.15) is 0 Å². The Morgan fingerprint density at radius 1 is 1.15 bits per heavy atom. The number of hydrogen-bond donors (Lipinski definition) is 1. The normalized spacial score (nSPS) is 26.9. The van der Waals surface area contributed by atoms with E-state index < -0.39 is 0 Å². The van der Waals surface area contributed by atoms with Crippen molar-refractivity contribution in [1.82, 2.24) is 9.80 Å². The predicted molar refractivity (Wildman–Crippen MR) is 83.1 cm³/mol. The van der Waals surface area contributed by atoms with Gasteiger partial charge in [-0.05, 0) is 62.5 Å². The molecule has 20 heavy (non-hydrogen) atoms. The summed E-state index contributed by atoms with van der Waals surface area (Å²) in [5.74, 6) is 0. The number of anilines is 1. The van der Waals surface area contributed by atoms with Gasteiger partial charge in [0.25, 0.3) is 0 Å². The van der Waals surface area contributed by atoms with Crippen LogP contribution in [0, 0.1) is 0 Å². The van der Waals surface area contributed by atoms with Crippen molar-refractivity contribution in [2.45, 2.75) is 38.3 Å². The van der Waals surface area contributed by atoms with Crippen molar-refractivity contribution in [2.24, 2.45) is 0 Å². The van der Waals surface area contributed by atoms with Crippen LogP contribution in [0.1, 0.15) is 30.4 Å². The van der Waals surface area contributed by atoms with E-state index in [0.717, 1.165) is 19.1 Å². The molecule has 1 aromatic rings. The predicted octanol–water partition coefficient (Wildman–Crippen LogP) is 2.32. The lowest BCUT2D eigenvalue weighted by Crippen LogP contribution is -2.36. The molecule has 108 valence electrons. The number of rotatable bonds is 2. The van der Waals surface area contributed by atoms with Gasteiger partial charge in [-0.15, -0.1) is 0 Å². The Morgan fingerprint density at radius 3 is 3.10 bits per heavy atom. The minimum atomic E-state index is 0.827. The molecule has 3 heteroatoms. The highest BCUT2D eigenvalue weighted by atomic mass is 15.3. The lowest BCUT2D eigenvalue weighted by molar-refractivity contribution is 0.215. The molecule has 0 saturated carbocycles. The van der Waals surface area contributed by atoms with E-state index in [1.807, 2.05) is 0 Å². The molecule has 1 unspecified atom stereocenters. The molecule has 0 spiro atoms. The van der Waals surface area contributed by atoms with Crippen LogP contribution < -0.4 is 5.32 Å². The summed E-state index contributed by atoms with van der Waals surface area (Å²) in [4.78, 5) is 5.40. The first-order valence-corrected chi connectivity index (χ1v) is 8.20. The van der Waals surface area contributed by atoms with Crippen LogP contribution in [0.2, 0.25) is 0 Å². The highest BCUT2D eigenvalue weighted by Gasteiger charge is 2.28. The monoisotopic (exact) mass is 271 g/mol.